The molecular formula is C19H24N2O4S. The molecule has 26 heavy (non-hydrogen) atoms. The molecule has 0 aliphatic heterocycles. The van der Waals surface area contributed by atoms with Crippen molar-refractivity contribution in [1.29, 1.82) is 0 Å². The minimum absolute atomic E-state index is 0.0673. The van der Waals surface area contributed by atoms with E-state index in [1.807, 2.05) is 12.1 Å². The summed E-state index contributed by atoms with van der Waals surface area (Å²) in [7, 11) is -0.344. The molecule has 0 aliphatic carbocycles. The Bertz CT molecular complexity index is 829. The third kappa shape index (κ3) is 5.49. The number of amides is 1. The number of benzene rings is 2. The number of rotatable bonds is 8. The van der Waals surface area contributed by atoms with Crippen molar-refractivity contribution >= 4 is 21.6 Å². The van der Waals surface area contributed by atoms with Crippen LogP contribution in [-0.2, 0) is 21.2 Å². The second-order valence-corrected chi connectivity index (χ2v) is 7.78. The molecule has 1 amide bonds. The van der Waals surface area contributed by atoms with Crippen LogP contribution in [0.5, 0.6) is 5.75 Å². The number of hydrogen-bond donors (Lipinski definition) is 1. The van der Waals surface area contributed by atoms with Gasteiger partial charge in [-0.25, -0.2) is 8.42 Å². The molecule has 2 aromatic rings. The molecule has 0 fully saturated rings. The van der Waals surface area contributed by atoms with Crippen molar-refractivity contribution in [3.63, 3.8) is 0 Å². The Hall–Kier alpha value is -2.54. The van der Waals surface area contributed by atoms with Crippen LogP contribution in [0.4, 0.5) is 5.69 Å². The average Bonchev–Trinajstić information content (AvgIpc) is 2.61. The van der Waals surface area contributed by atoms with Gasteiger partial charge in [0.15, 0.2) is 6.61 Å². The highest BCUT2D eigenvalue weighted by atomic mass is 32.2. The first-order valence-corrected chi connectivity index (χ1v) is 9.85. The first-order chi connectivity index (χ1) is 12.3. The van der Waals surface area contributed by atoms with Gasteiger partial charge in [-0.1, -0.05) is 25.5 Å². The fraction of sp³-hybridized carbons (Fsp3) is 0.316. The second kappa shape index (κ2) is 8.71. The summed E-state index contributed by atoms with van der Waals surface area (Å²) in [5, 5.41) is 0. The Morgan fingerprint density at radius 3 is 2.19 bits per heavy atom. The van der Waals surface area contributed by atoms with Gasteiger partial charge in [0.2, 0.25) is 0 Å². The molecule has 0 unspecified atom stereocenters. The van der Waals surface area contributed by atoms with E-state index in [2.05, 4.69) is 11.6 Å². The summed E-state index contributed by atoms with van der Waals surface area (Å²) in [6.07, 6.45) is 1.93. The fourth-order valence-electron chi connectivity index (χ4n) is 2.23. The van der Waals surface area contributed by atoms with Crippen LogP contribution < -0.4 is 9.46 Å². The minimum Gasteiger partial charge on any atom is -0.484 e. The van der Waals surface area contributed by atoms with Crippen molar-refractivity contribution in [2.75, 3.05) is 25.4 Å². The molecule has 0 aliphatic rings. The van der Waals surface area contributed by atoms with Crippen molar-refractivity contribution in [2.24, 2.45) is 0 Å². The zero-order valence-corrected chi connectivity index (χ0v) is 16.0. The third-order valence-electron chi connectivity index (χ3n) is 3.74. The summed E-state index contributed by atoms with van der Waals surface area (Å²) >= 11 is 0. The normalized spacial score (nSPS) is 11.0. The predicted molar refractivity (Wildman–Crippen MR) is 102 cm³/mol. The number of carbonyl (C=O) groups is 1. The summed E-state index contributed by atoms with van der Waals surface area (Å²) in [5.74, 6) is 0.341. The molecule has 0 radical (unpaired) electrons. The van der Waals surface area contributed by atoms with E-state index >= 15 is 0 Å². The molecule has 0 spiro atoms. The Kier molecular flexibility index (Phi) is 6.63. The maximum atomic E-state index is 12.5. The summed E-state index contributed by atoms with van der Waals surface area (Å²) in [6.45, 7) is 2.01. The van der Waals surface area contributed by atoms with E-state index in [1.54, 1.807) is 50.5 Å². The van der Waals surface area contributed by atoms with Crippen LogP contribution in [0.15, 0.2) is 53.4 Å². The van der Waals surface area contributed by atoms with E-state index in [0.717, 1.165) is 18.4 Å². The molecule has 0 aromatic heterocycles. The molecular weight excluding hydrogens is 352 g/mol. The van der Waals surface area contributed by atoms with Crippen molar-refractivity contribution in [1.82, 2.24) is 4.90 Å². The van der Waals surface area contributed by atoms with Crippen LogP contribution in [0, 0.1) is 0 Å². The third-order valence-corrected chi connectivity index (χ3v) is 5.14. The van der Waals surface area contributed by atoms with Crippen LogP contribution in [0.3, 0.4) is 0 Å². The van der Waals surface area contributed by atoms with Gasteiger partial charge in [0.25, 0.3) is 15.9 Å². The summed E-state index contributed by atoms with van der Waals surface area (Å²) < 4.78 is 32.8. The quantitative estimate of drug-likeness (QED) is 0.769. The topological polar surface area (TPSA) is 75.7 Å². The summed E-state index contributed by atoms with van der Waals surface area (Å²) in [5.41, 5.74) is 1.54. The molecule has 0 saturated carbocycles. The summed E-state index contributed by atoms with van der Waals surface area (Å²) in [4.78, 5) is 13.2. The highest BCUT2D eigenvalue weighted by molar-refractivity contribution is 7.92. The molecule has 6 nitrogen and oxygen atoms in total. The molecule has 2 rings (SSSR count). The van der Waals surface area contributed by atoms with E-state index in [0.29, 0.717) is 11.4 Å². The minimum atomic E-state index is -3.65. The molecule has 0 bridgehead atoms. The molecule has 0 saturated heterocycles. The van der Waals surface area contributed by atoms with Crippen LogP contribution in [0.25, 0.3) is 0 Å². The number of ether oxygens (including phenoxy) is 1. The zero-order valence-electron chi connectivity index (χ0n) is 15.2. The smallest absolute Gasteiger partial charge is 0.261 e. The molecule has 7 heteroatoms. The van der Waals surface area contributed by atoms with Crippen LogP contribution >= 0.6 is 0 Å². The van der Waals surface area contributed by atoms with Crippen LogP contribution in [-0.4, -0.2) is 39.9 Å². The van der Waals surface area contributed by atoms with E-state index < -0.39 is 10.0 Å². The Balaban J connectivity index is 2.01. The van der Waals surface area contributed by atoms with Gasteiger partial charge in [0.05, 0.1) is 4.90 Å². The Morgan fingerprint density at radius 2 is 1.65 bits per heavy atom. The number of nitrogens with one attached hydrogen (secondary N) is 1. The van der Waals surface area contributed by atoms with Crippen molar-refractivity contribution in [3.8, 4) is 5.75 Å². The van der Waals surface area contributed by atoms with Gasteiger partial charge in [-0.3, -0.25) is 9.52 Å². The first kappa shape index (κ1) is 19.8. The fourth-order valence-corrected chi connectivity index (χ4v) is 3.29. The van der Waals surface area contributed by atoms with Gasteiger partial charge >= 0.3 is 0 Å². The molecule has 1 N–H and O–H groups in total. The molecule has 0 heterocycles. The molecule has 140 valence electrons. The largest absolute Gasteiger partial charge is 0.484 e. The first-order valence-electron chi connectivity index (χ1n) is 8.36. The standard InChI is InChI=1S/C19H24N2O4S/c1-4-5-15-6-12-18(13-7-15)26(23,24)20-16-8-10-17(11-9-16)25-14-19(22)21(2)3/h6-13,20H,4-5,14H2,1-3H3. The van der Waals surface area contributed by atoms with Crippen molar-refractivity contribution in [2.45, 2.75) is 24.7 Å². The lowest BCUT2D eigenvalue weighted by molar-refractivity contribution is -0.130. The van der Waals surface area contributed by atoms with E-state index in [9.17, 15) is 13.2 Å². The molecule has 2 aromatic carbocycles. The van der Waals surface area contributed by atoms with E-state index in [1.165, 1.54) is 4.90 Å². The maximum absolute atomic E-state index is 12.5. The number of anilines is 1. The number of aryl methyl sites for hydroxylation is 1. The van der Waals surface area contributed by atoms with Gasteiger partial charge in [-0.2, -0.15) is 0 Å². The van der Waals surface area contributed by atoms with Crippen molar-refractivity contribution in [3.05, 3.63) is 54.1 Å². The lowest BCUT2D eigenvalue weighted by Crippen LogP contribution is -2.27. The lowest BCUT2D eigenvalue weighted by Gasteiger charge is -2.12. The van der Waals surface area contributed by atoms with Gasteiger partial charge in [-0.15, -0.1) is 0 Å². The average molecular weight is 376 g/mol. The Morgan fingerprint density at radius 1 is 1.04 bits per heavy atom. The van der Waals surface area contributed by atoms with Gasteiger partial charge in [-0.05, 0) is 48.4 Å². The van der Waals surface area contributed by atoms with Crippen molar-refractivity contribution < 1.29 is 17.9 Å². The monoisotopic (exact) mass is 376 g/mol. The number of nitrogens with zero attached hydrogens (tertiary/aromatic N) is 1. The van der Waals surface area contributed by atoms with Gasteiger partial charge < -0.3 is 9.64 Å². The number of likely N-dealkylation sites (N-methyl/N-ethyl adjacent to an activating group) is 1. The zero-order chi connectivity index (χ0) is 19.2. The maximum Gasteiger partial charge on any atom is 0.261 e. The lowest BCUT2D eigenvalue weighted by atomic mass is 10.1. The number of carbonyl (C=O) groups excluding carboxylic acids is 1. The van der Waals surface area contributed by atoms with Crippen LogP contribution in [0.1, 0.15) is 18.9 Å². The SMILES string of the molecule is CCCc1ccc(S(=O)(=O)Nc2ccc(OCC(=O)N(C)C)cc2)cc1. The van der Waals surface area contributed by atoms with Gasteiger partial charge in [0, 0.05) is 19.8 Å². The summed E-state index contributed by atoms with van der Waals surface area (Å²) in [6, 6.07) is 13.3. The number of hydrogen-bond acceptors (Lipinski definition) is 4. The van der Waals surface area contributed by atoms with Gasteiger partial charge in [0.1, 0.15) is 5.75 Å². The highest BCUT2D eigenvalue weighted by Gasteiger charge is 2.14. The predicted octanol–water partition coefficient (Wildman–Crippen LogP) is 2.91. The van der Waals surface area contributed by atoms with E-state index in [4.69, 9.17) is 4.74 Å². The number of sulfonamides is 1. The Labute approximate surface area is 154 Å². The highest BCUT2D eigenvalue weighted by Crippen LogP contribution is 2.20. The molecule has 0 atom stereocenters. The van der Waals surface area contributed by atoms with Crippen LogP contribution in [0.2, 0.25) is 0 Å². The van der Waals surface area contributed by atoms with E-state index in [-0.39, 0.29) is 17.4 Å². The second-order valence-electron chi connectivity index (χ2n) is 6.10.